The topological polar surface area (TPSA) is 79.6 Å². The number of carbonyl (C=O) groups excluding carboxylic acids is 2. The molecule has 134 valence electrons. The van der Waals surface area contributed by atoms with E-state index in [-0.39, 0.29) is 17.7 Å². The van der Waals surface area contributed by atoms with Gasteiger partial charge in [0.2, 0.25) is 5.91 Å². The van der Waals surface area contributed by atoms with Crippen molar-refractivity contribution in [2.45, 2.75) is 40.2 Å². The van der Waals surface area contributed by atoms with Crippen molar-refractivity contribution >= 4 is 28.6 Å². The van der Waals surface area contributed by atoms with Crippen LogP contribution in [0.15, 0.2) is 16.1 Å². The van der Waals surface area contributed by atoms with Crippen LogP contribution in [0.25, 0.3) is 0 Å². The lowest BCUT2D eigenvalue weighted by atomic mass is 10.1. The monoisotopic (exact) mass is 361 g/mol. The number of hydrogen-bond donors (Lipinski definition) is 1. The second kappa shape index (κ2) is 7.03. The maximum absolute atomic E-state index is 12.3. The summed E-state index contributed by atoms with van der Waals surface area (Å²) in [6.07, 6.45) is 0.320. The van der Waals surface area contributed by atoms with Crippen LogP contribution in [0.3, 0.4) is 0 Å². The summed E-state index contributed by atoms with van der Waals surface area (Å²) in [5, 5.41) is 10.5. The molecule has 1 unspecified atom stereocenters. The molecule has 1 aromatic heterocycles. The van der Waals surface area contributed by atoms with E-state index in [2.05, 4.69) is 20.3 Å². The second-order valence-corrected chi connectivity index (χ2v) is 7.26. The van der Waals surface area contributed by atoms with Gasteiger partial charge in [-0.15, -0.1) is 0 Å². The number of fused-ring (bicyclic) bond motifs is 1. The molecule has 2 aliphatic rings. The molecule has 2 aliphatic heterocycles. The highest BCUT2D eigenvalue weighted by Crippen LogP contribution is 2.28. The van der Waals surface area contributed by atoms with Gasteiger partial charge in [0.1, 0.15) is 0 Å². The lowest BCUT2D eigenvalue weighted by molar-refractivity contribution is -0.121. The Hall–Kier alpha value is -2.09. The third-order valence-electron chi connectivity index (χ3n) is 4.49. The van der Waals surface area contributed by atoms with E-state index < -0.39 is 0 Å². The molecule has 0 spiro atoms. The van der Waals surface area contributed by atoms with Crippen molar-refractivity contribution in [3.05, 3.63) is 28.1 Å². The number of aryl methyl sites for hydroxylation is 1. The number of aromatic nitrogens is 2. The average Bonchev–Trinajstić information content (AvgIpc) is 3.20. The van der Waals surface area contributed by atoms with Gasteiger partial charge in [0.05, 0.1) is 30.4 Å². The standard InChI is InChI=1S/C17H23N5O2S/c1-10(22-12(3)16(13(4)23)11(2)20-22)7-15(24)19-8-14-9-25-17-18-5-6-21(14)17/h9-10H,5-8H2,1-4H3,(H,19,24). The van der Waals surface area contributed by atoms with Crippen LogP contribution in [0, 0.1) is 13.8 Å². The normalized spacial score (nSPS) is 17.2. The highest BCUT2D eigenvalue weighted by atomic mass is 32.2. The number of amides is 1. The molecule has 0 saturated heterocycles. The zero-order chi connectivity index (χ0) is 18.1. The number of aliphatic imine (C=N–C) groups is 1. The van der Waals surface area contributed by atoms with Gasteiger partial charge in [0, 0.05) is 29.8 Å². The summed E-state index contributed by atoms with van der Waals surface area (Å²) in [4.78, 5) is 30.6. The molecule has 1 atom stereocenters. The smallest absolute Gasteiger partial charge is 0.222 e. The molecule has 0 fully saturated rings. The summed E-state index contributed by atoms with van der Waals surface area (Å²) in [5.41, 5.74) is 3.28. The second-order valence-electron chi connectivity index (χ2n) is 6.42. The molecule has 3 rings (SSSR count). The Morgan fingerprint density at radius 3 is 2.84 bits per heavy atom. The summed E-state index contributed by atoms with van der Waals surface area (Å²) in [7, 11) is 0. The van der Waals surface area contributed by atoms with Gasteiger partial charge in [-0.2, -0.15) is 5.10 Å². The van der Waals surface area contributed by atoms with Gasteiger partial charge in [-0.05, 0) is 27.7 Å². The van der Waals surface area contributed by atoms with Crippen LogP contribution < -0.4 is 5.32 Å². The van der Waals surface area contributed by atoms with E-state index >= 15 is 0 Å². The highest BCUT2D eigenvalue weighted by molar-refractivity contribution is 8.16. The molecule has 7 nitrogen and oxygen atoms in total. The quantitative estimate of drug-likeness (QED) is 0.784. The molecule has 0 saturated carbocycles. The van der Waals surface area contributed by atoms with E-state index in [1.54, 1.807) is 23.4 Å². The number of hydrogen-bond acceptors (Lipinski definition) is 6. The van der Waals surface area contributed by atoms with E-state index in [1.165, 1.54) is 0 Å². The molecule has 3 heterocycles. The third-order valence-corrected chi connectivity index (χ3v) is 5.44. The maximum Gasteiger partial charge on any atom is 0.222 e. The van der Waals surface area contributed by atoms with Crippen molar-refractivity contribution < 1.29 is 9.59 Å². The molecule has 25 heavy (non-hydrogen) atoms. The van der Waals surface area contributed by atoms with E-state index in [9.17, 15) is 9.59 Å². The van der Waals surface area contributed by atoms with Crippen LogP contribution in [-0.2, 0) is 4.79 Å². The van der Waals surface area contributed by atoms with Crippen molar-refractivity contribution in [3.8, 4) is 0 Å². The molecule has 1 N–H and O–H groups in total. The van der Waals surface area contributed by atoms with Crippen molar-refractivity contribution in [1.29, 1.82) is 0 Å². The fraction of sp³-hybridized carbons (Fsp3) is 0.529. The summed E-state index contributed by atoms with van der Waals surface area (Å²) in [6.45, 7) is 9.40. The SMILES string of the molecule is CC(=O)c1c(C)nn(C(C)CC(=O)NCC2=CSC3=NCCN23)c1C. The maximum atomic E-state index is 12.3. The minimum absolute atomic E-state index is 0.00616. The van der Waals surface area contributed by atoms with E-state index in [0.29, 0.717) is 24.2 Å². The number of nitrogens with zero attached hydrogens (tertiary/aromatic N) is 4. The summed E-state index contributed by atoms with van der Waals surface area (Å²) >= 11 is 1.61. The molecular formula is C17H23N5O2S. The summed E-state index contributed by atoms with van der Waals surface area (Å²) < 4.78 is 1.78. The zero-order valence-corrected chi connectivity index (χ0v) is 15.8. The number of carbonyl (C=O) groups is 2. The predicted molar refractivity (Wildman–Crippen MR) is 98.7 cm³/mol. The minimum Gasteiger partial charge on any atom is -0.350 e. The summed E-state index contributed by atoms with van der Waals surface area (Å²) in [5.74, 6) is -0.0217. The van der Waals surface area contributed by atoms with Gasteiger partial charge in [-0.1, -0.05) is 11.8 Å². The van der Waals surface area contributed by atoms with Crippen LogP contribution in [0.1, 0.15) is 48.1 Å². The first-order valence-electron chi connectivity index (χ1n) is 8.39. The first-order chi connectivity index (χ1) is 11.9. The van der Waals surface area contributed by atoms with E-state index in [4.69, 9.17) is 0 Å². The van der Waals surface area contributed by atoms with Gasteiger partial charge in [0.25, 0.3) is 0 Å². The number of ketones is 1. The molecule has 0 aromatic carbocycles. The fourth-order valence-corrected chi connectivity index (χ4v) is 4.29. The van der Waals surface area contributed by atoms with Crippen LogP contribution in [0.4, 0.5) is 0 Å². The molecule has 1 aromatic rings. The molecule has 8 heteroatoms. The largest absolute Gasteiger partial charge is 0.350 e. The Morgan fingerprint density at radius 1 is 1.40 bits per heavy atom. The third kappa shape index (κ3) is 3.49. The van der Waals surface area contributed by atoms with Gasteiger partial charge in [-0.3, -0.25) is 19.3 Å². The molecule has 1 amide bonds. The van der Waals surface area contributed by atoms with Crippen molar-refractivity contribution in [2.24, 2.45) is 4.99 Å². The molecular weight excluding hydrogens is 338 g/mol. The Labute approximate surface area is 151 Å². The van der Waals surface area contributed by atoms with Crippen LogP contribution in [0.2, 0.25) is 0 Å². The number of thioether (sulfide) groups is 1. The molecule has 0 bridgehead atoms. The van der Waals surface area contributed by atoms with Gasteiger partial charge in [0.15, 0.2) is 11.0 Å². The van der Waals surface area contributed by atoms with Gasteiger partial charge in [-0.25, -0.2) is 0 Å². The highest BCUT2D eigenvalue weighted by Gasteiger charge is 2.26. The Bertz CT molecular complexity index is 780. The van der Waals surface area contributed by atoms with Crippen LogP contribution >= 0.6 is 11.8 Å². The number of amidine groups is 1. The van der Waals surface area contributed by atoms with E-state index in [0.717, 1.165) is 29.6 Å². The molecule has 0 radical (unpaired) electrons. The first kappa shape index (κ1) is 17.7. The lowest BCUT2D eigenvalue weighted by Gasteiger charge is -2.18. The fourth-order valence-electron chi connectivity index (χ4n) is 3.33. The van der Waals surface area contributed by atoms with E-state index in [1.807, 2.05) is 26.2 Å². The van der Waals surface area contributed by atoms with Crippen LogP contribution in [-0.4, -0.2) is 51.2 Å². The lowest BCUT2D eigenvalue weighted by Crippen LogP contribution is -2.33. The number of Topliss-reactive ketones (excluding diaryl/α,β-unsaturated/α-hetero) is 1. The zero-order valence-electron chi connectivity index (χ0n) is 15.0. The first-order valence-corrected chi connectivity index (χ1v) is 9.27. The van der Waals surface area contributed by atoms with Crippen molar-refractivity contribution in [2.75, 3.05) is 19.6 Å². The average molecular weight is 361 g/mol. The molecule has 0 aliphatic carbocycles. The van der Waals surface area contributed by atoms with Gasteiger partial charge < -0.3 is 10.2 Å². The Morgan fingerprint density at radius 2 is 2.16 bits per heavy atom. The predicted octanol–water partition coefficient (Wildman–Crippen LogP) is 2.03. The van der Waals surface area contributed by atoms with Gasteiger partial charge >= 0.3 is 0 Å². The van der Waals surface area contributed by atoms with Crippen molar-refractivity contribution in [1.82, 2.24) is 20.0 Å². The summed E-state index contributed by atoms with van der Waals surface area (Å²) in [6, 6.07) is -0.109. The minimum atomic E-state index is -0.109. The van der Waals surface area contributed by atoms with Crippen LogP contribution in [0.5, 0.6) is 0 Å². The Balaban J connectivity index is 1.57. The number of nitrogens with one attached hydrogen (secondary N) is 1. The van der Waals surface area contributed by atoms with Crippen molar-refractivity contribution in [3.63, 3.8) is 0 Å². The number of rotatable bonds is 6. The Kier molecular flexibility index (Phi) is 4.99.